The van der Waals surface area contributed by atoms with E-state index in [-0.39, 0.29) is 10.6 Å². The highest BCUT2D eigenvalue weighted by atomic mass is 32.1. The third-order valence-corrected chi connectivity index (χ3v) is 2.99. The molecule has 19 heavy (non-hydrogen) atoms. The van der Waals surface area contributed by atoms with E-state index >= 15 is 0 Å². The lowest BCUT2D eigenvalue weighted by molar-refractivity contribution is 0.628. The van der Waals surface area contributed by atoms with Crippen LogP contribution in [0.5, 0.6) is 0 Å². The Labute approximate surface area is 112 Å². The van der Waals surface area contributed by atoms with Crippen LogP contribution in [0.4, 0.5) is 4.39 Å². The number of hydrogen-bond donors (Lipinski definition) is 1. The average molecular weight is 271 g/mol. The molecule has 0 aliphatic heterocycles. The Hall–Kier alpha value is -2.59. The van der Waals surface area contributed by atoms with E-state index in [0.717, 1.165) is 0 Å². The number of nitrogens with one attached hydrogen (secondary N) is 1. The van der Waals surface area contributed by atoms with E-state index < -0.39 is 0 Å². The zero-order valence-electron chi connectivity index (χ0n) is 9.46. The summed E-state index contributed by atoms with van der Waals surface area (Å²) in [4.78, 5) is 4.22. The minimum absolute atomic E-state index is 0.280. The van der Waals surface area contributed by atoms with Gasteiger partial charge in [-0.05, 0) is 36.5 Å². The molecule has 92 valence electrons. The van der Waals surface area contributed by atoms with Crippen LogP contribution in [0.25, 0.3) is 16.9 Å². The van der Waals surface area contributed by atoms with Gasteiger partial charge in [0.05, 0.1) is 5.69 Å². The number of fused-ring (bicyclic) bond motifs is 1. The molecule has 3 rings (SSSR count). The van der Waals surface area contributed by atoms with Crippen LogP contribution in [0, 0.1) is 21.9 Å². The number of aromatic amines is 1. The average Bonchev–Trinajstić information content (AvgIpc) is 2.89. The van der Waals surface area contributed by atoms with Gasteiger partial charge in [-0.25, -0.2) is 9.37 Å². The fourth-order valence-corrected chi connectivity index (χ4v) is 2.05. The minimum atomic E-state index is -0.349. The maximum absolute atomic E-state index is 12.9. The van der Waals surface area contributed by atoms with Crippen molar-refractivity contribution in [1.29, 1.82) is 5.26 Å². The van der Waals surface area contributed by atoms with Crippen LogP contribution in [-0.2, 0) is 0 Å². The summed E-state index contributed by atoms with van der Waals surface area (Å²) in [6, 6.07) is 7.80. The molecule has 2 aromatic heterocycles. The molecule has 0 aliphatic rings. The molecule has 0 aliphatic carbocycles. The van der Waals surface area contributed by atoms with Crippen molar-refractivity contribution >= 4 is 17.9 Å². The SMILES string of the molecule is N#Cc1c(-c2ccc(F)cc2)nc(=S)n2cn[nH]c12. The second kappa shape index (κ2) is 4.26. The van der Waals surface area contributed by atoms with E-state index in [1.54, 1.807) is 12.1 Å². The zero-order chi connectivity index (χ0) is 13.4. The molecular weight excluding hydrogens is 265 g/mol. The molecule has 0 spiro atoms. The first-order valence-electron chi connectivity index (χ1n) is 5.32. The summed E-state index contributed by atoms with van der Waals surface area (Å²) in [7, 11) is 0. The van der Waals surface area contributed by atoms with E-state index in [0.29, 0.717) is 22.5 Å². The van der Waals surface area contributed by atoms with Crippen molar-refractivity contribution in [2.24, 2.45) is 0 Å². The summed E-state index contributed by atoms with van der Waals surface area (Å²) in [6.07, 6.45) is 1.46. The van der Waals surface area contributed by atoms with Crippen molar-refractivity contribution in [3.63, 3.8) is 0 Å². The van der Waals surface area contributed by atoms with Crippen molar-refractivity contribution in [3.05, 3.63) is 46.7 Å². The van der Waals surface area contributed by atoms with Crippen molar-refractivity contribution in [1.82, 2.24) is 19.6 Å². The summed E-state index contributed by atoms with van der Waals surface area (Å²) in [5.41, 5.74) is 1.83. The van der Waals surface area contributed by atoms with Crippen LogP contribution in [-0.4, -0.2) is 19.6 Å². The Morgan fingerprint density at radius 3 is 2.74 bits per heavy atom. The van der Waals surface area contributed by atoms with Crippen LogP contribution in [0.2, 0.25) is 0 Å². The zero-order valence-corrected chi connectivity index (χ0v) is 10.3. The normalized spacial score (nSPS) is 10.5. The Morgan fingerprint density at radius 2 is 2.05 bits per heavy atom. The second-order valence-electron chi connectivity index (χ2n) is 3.81. The molecule has 7 heteroatoms. The topological polar surface area (TPSA) is 69.8 Å². The molecule has 0 saturated carbocycles. The standard InChI is InChI=1S/C12H6FN5S/c13-8-3-1-7(2-4-8)10-9(5-14)11-17-15-6-18(11)12(19)16-10/h1-4,6,17H. The Balaban J connectivity index is 2.38. The molecule has 0 bridgehead atoms. The van der Waals surface area contributed by atoms with Crippen molar-refractivity contribution < 1.29 is 4.39 Å². The largest absolute Gasteiger partial charge is 0.260 e. The number of benzene rings is 1. The molecule has 2 heterocycles. The van der Waals surface area contributed by atoms with Gasteiger partial charge in [0.25, 0.3) is 0 Å². The summed E-state index contributed by atoms with van der Waals surface area (Å²) in [5.74, 6) is -0.349. The number of halogens is 1. The lowest BCUT2D eigenvalue weighted by atomic mass is 10.1. The minimum Gasteiger partial charge on any atom is -0.260 e. The number of rotatable bonds is 1. The predicted octanol–water partition coefficient (Wildman–Crippen LogP) is 2.46. The fourth-order valence-electron chi connectivity index (χ4n) is 1.82. The van der Waals surface area contributed by atoms with Crippen LogP contribution >= 0.6 is 12.2 Å². The van der Waals surface area contributed by atoms with E-state index in [4.69, 9.17) is 12.2 Å². The van der Waals surface area contributed by atoms with Gasteiger partial charge in [0, 0.05) is 5.56 Å². The highest BCUT2D eigenvalue weighted by Gasteiger charge is 2.13. The maximum Gasteiger partial charge on any atom is 0.207 e. The van der Waals surface area contributed by atoms with Gasteiger partial charge in [-0.2, -0.15) is 10.4 Å². The second-order valence-corrected chi connectivity index (χ2v) is 4.18. The third-order valence-electron chi connectivity index (χ3n) is 2.70. The maximum atomic E-state index is 12.9. The van der Waals surface area contributed by atoms with Crippen LogP contribution in [0.1, 0.15) is 5.56 Å². The Bertz CT molecular complexity index is 856. The number of nitriles is 1. The first-order valence-corrected chi connectivity index (χ1v) is 5.73. The summed E-state index contributed by atoms with van der Waals surface area (Å²) in [5, 5.41) is 15.8. The van der Waals surface area contributed by atoms with Crippen LogP contribution in [0.3, 0.4) is 0 Å². The van der Waals surface area contributed by atoms with Crippen LogP contribution < -0.4 is 0 Å². The molecule has 0 atom stereocenters. The lowest BCUT2D eigenvalue weighted by Gasteiger charge is -2.04. The van der Waals surface area contributed by atoms with Crippen molar-refractivity contribution in [2.75, 3.05) is 0 Å². The van der Waals surface area contributed by atoms with Crippen molar-refractivity contribution in [3.8, 4) is 17.3 Å². The van der Waals surface area contributed by atoms with Gasteiger partial charge in [0.2, 0.25) is 4.77 Å². The first-order chi connectivity index (χ1) is 9.20. The highest BCUT2D eigenvalue weighted by Crippen LogP contribution is 2.23. The van der Waals surface area contributed by atoms with E-state index in [1.807, 2.05) is 0 Å². The molecule has 0 fully saturated rings. The molecule has 0 amide bonds. The Kier molecular flexibility index (Phi) is 2.58. The van der Waals surface area contributed by atoms with Gasteiger partial charge in [0.1, 0.15) is 23.8 Å². The molecule has 3 aromatic rings. The monoisotopic (exact) mass is 271 g/mol. The summed E-state index contributed by atoms with van der Waals surface area (Å²) >= 11 is 5.14. The van der Waals surface area contributed by atoms with Gasteiger partial charge in [-0.3, -0.25) is 9.50 Å². The lowest BCUT2D eigenvalue weighted by Crippen LogP contribution is -1.98. The quantitative estimate of drug-likeness (QED) is 0.690. The van der Waals surface area contributed by atoms with Gasteiger partial charge < -0.3 is 0 Å². The molecule has 1 aromatic carbocycles. The van der Waals surface area contributed by atoms with Gasteiger partial charge >= 0.3 is 0 Å². The number of nitrogens with zero attached hydrogens (tertiary/aromatic N) is 4. The molecule has 0 saturated heterocycles. The van der Waals surface area contributed by atoms with Gasteiger partial charge in [0.15, 0.2) is 5.65 Å². The number of H-pyrrole nitrogens is 1. The Morgan fingerprint density at radius 1 is 1.32 bits per heavy atom. The first kappa shape index (κ1) is 11.5. The third kappa shape index (κ3) is 1.78. The number of aromatic nitrogens is 4. The summed E-state index contributed by atoms with van der Waals surface area (Å²) < 4.78 is 14.7. The van der Waals surface area contributed by atoms with Gasteiger partial charge in [-0.15, -0.1) is 0 Å². The molecule has 1 N–H and O–H groups in total. The van der Waals surface area contributed by atoms with Crippen LogP contribution in [0.15, 0.2) is 30.6 Å². The molecule has 0 radical (unpaired) electrons. The molecule has 5 nitrogen and oxygen atoms in total. The number of hydrogen-bond acceptors (Lipinski definition) is 4. The smallest absolute Gasteiger partial charge is 0.207 e. The van der Waals surface area contributed by atoms with Crippen molar-refractivity contribution in [2.45, 2.75) is 0 Å². The molecule has 0 unspecified atom stereocenters. The summed E-state index contributed by atoms with van der Waals surface area (Å²) in [6.45, 7) is 0. The molecular formula is C12H6FN5S. The predicted molar refractivity (Wildman–Crippen MR) is 68.3 cm³/mol. The fraction of sp³-hybridized carbons (Fsp3) is 0. The van der Waals surface area contributed by atoms with E-state index in [1.165, 1.54) is 22.9 Å². The van der Waals surface area contributed by atoms with Gasteiger partial charge in [-0.1, -0.05) is 0 Å². The highest BCUT2D eigenvalue weighted by molar-refractivity contribution is 7.71. The van der Waals surface area contributed by atoms with E-state index in [2.05, 4.69) is 21.3 Å². The van der Waals surface area contributed by atoms with E-state index in [9.17, 15) is 9.65 Å².